The highest BCUT2D eigenvalue weighted by Crippen LogP contribution is 2.24. The van der Waals surface area contributed by atoms with Crippen molar-refractivity contribution in [1.82, 2.24) is 0 Å². The predicted molar refractivity (Wildman–Crippen MR) is 68.9 cm³/mol. The number of anilines is 2. The maximum Gasteiger partial charge on any atom is 0.0398 e. The molecule has 2 nitrogen and oxygen atoms in total. The number of nitrogens with one attached hydrogen (secondary N) is 2. The molecular weight excluding hydrogens is 184 g/mol. The van der Waals surface area contributed by atoms with E-state index in [1.807, 2.05) is 7.05 Å². The minimum Gasteiger partial charge on any atom is -0.388 e. The highest BCUT2D eigenvalue weighted by Gasteiger charge is 2.02. The van der Waals surface area contributed by atoms with Crippen LogP contribution in [0.3, 0.4) is 0 Å². The summed E-state index contributed by atoms with van der Waals surface area (Å²) < 4.78 is 0. The van der Waals surface area contributed by atoms with Crippen molar-refractivity contribution in [2.75, 3.05) is 24.2 Å². The molecule has 0 amide bonds. The molecular formula is C13H22N2. The van der Waals surface area contributed by atoms with Gasteiger partial charge in [-0.1, -0.05) is 13.3 Å². The first-order valence-electron chi connectivity index (χ1n) is 5.72. The number of benzene rings is 1. The first-order valence-corrected chi connectivity index (χ1v) is 5.72. The topological polar surface area (TPSA) is 24.1 Å². The van der Waals surface area contributed by atoms with E-state index in [9.17, 15) is 0 Å². The van der Waals surface area contributed by atoms with Crippen LogP contribution in [0.15, 0.2) is 12.1 Å². The van der Waals surface area contributed by atoms with Crippen LogP contribution in [0.4, 0.5) is 11.4 Å². The molecule has 15 heavy (non-hydrogen) atoms. The van der Waals surface area contributed by atoms with Gasteiger partial charge in [0.1, 0.15) is 0 Å². The Bertz CT molecular complexity index is 295. The molecule has 0 saturated heterocycles. The molecule has 84 valence electrons. The van der Waals surface area contributed by atoms with Gasteiger partial charge in [-0.05, 0) is 43.5 Å². The Morgan fingerprint density at radius 2 is 1.73 bits per heavy atom. The predicted octanol–water partition coefficient (Wildman–Crippen LogP) is 3.56. The van der Waals surface area contributed by atoms with Gasteiger partial charge in [-0.3, -0.25) is 0 Å². The highest BCUT2D eigenvalue weighted by molar-refractivity contribution is 5.63. The Kier molecular flexibility index (Phi) is 4.47. The number of unbranched alkanes of at least 4 members (excludes halogenated alkanes) is 1. The SMILES string of the molecule is CCCCNc1cc(C)c(NC)c(C)c1. The summed E-state index contributed by atoms with van der Waals surface area (Å²) >= 11 is 0. The van der Waals surface area contributed by atoms with Crippen LogP contribution < -0.4 is 10.6 Å². The second-order valence-electron chi connectivity index (χ2n) is 4.02. The highest BCUT2D eigenvalue weighted by atomic mass is 14.9. The summed E-state index contributed by atoms with van der Waals surface area (Å²) in [6.07, 6.45) is 2.46. The summed E-state index contributed by atoms with van der Waals surface area (Å²) in [7, 11) is 1.97. The maximum atomic E-state index is 3.45. The van der Waals surface area contributed by atoms with Gasteiger partial charge < -0.3 is 10.6 Å². The van der Waals surface area contributed by atoms with E-state index < -0.39 is 0 Å². The number of rotatable bonds is 5. The van der Waals surface area contributed by atoms with Crippen molar-refractivity contribution in [3.05, 3.63) is 23.3 Å². The van der Waals surface area contributed by atoms with Crippen LogP contribution in [-0.2, 0) is 0 Å². The van der Waals surface area contributed by atoms with E-state index >= 15 is 0 Å². The van der Waals surface area contributed by atoms with Gasteiger partial charge in [0.05, 0.1) is 0 Å². The summed E-state index contributed by atoms with van der Waals surface area (Å²) in [4.78, 5) is 0. The van der Waals surface area contributed by atoms with Gasteiger partial charge in [0.25, 0.3) is 0 Å². The summed E-state index contributed by atoms with van der Waals surface area (Å²) in [5.41, 5.74) is 5.08. The van der Waals surface area contributed by atoms with Gasteiger partial charge in [-0.2, -0.15) is 0 Å². The Morgan fingerprint density at radius 3 is 2.20 bits per heavy atom. The maximum absolute atomic E-state index is 3.45. The van der Waals surface area contributed by atoms with Crippen LogP contribution in [0.25, 0.3) is 0 Å². The van der Waals surface area contributed by atoms with E-state index in [0.717, 1.165) is 6.54 Å². The van der Waals surface area contributed by atoms with Crippen molar-refractivity contribution in [1.29, 1.82) is 0 Å². The van der Waals surface area contributed by atoms with E-state index in [1.54, 1.807) is 0 Å². The summed E-state index contributed by atoms with van der Waals surface area (Å²) in [5.74, 6) is 0. The molecule has 0 fully saturated rings. The summed E-state index contributed by atoms with van der Waals surface area (Å²) in [5, 5.41) is 6.68. The monoisotopic (exact) mass is 206 g/mol. The lowest BCUT2D eigenvalue weighted by atomic mass is 10.1. The quantitative estimate of drug-likeness (QED) is 0.720. The molecule has 0 aromatic heterocycles. The molecule has 2 heteroatoms. The number of hydrogen-bond acceptors (Lipinski definition) is 2. The third kappa shape index (κ3) is 3.15. The lowest BCUT2D eigenvalue weighted by molar-refractivity contribution is 0.834. The average Bonchev–Trinajstić information content (AvgIpc) is 2.18. The van der Waals surface area contributed by atoms with Gasteiger partial charge in [0.2, 0.25) is 0 Å². The second kappa shape index (κ2) is 5.64. The van der Waals surface area contributed by atoms with Crippen LogP contribution >= 0.6 is 0 Å². The molecule has 0 heterocycles. The van der Waals surface area contributed by atoms with Crippen molar-refractivity contribution in [2.24, 2.45) is 0 Å². The first-order chi connectivity index (χ1) is 7.19. The summed E-state index contributed by atoms with van der Waals surface area (Å²) in [6.45, 7) is 7.56. The molecule has 0 radical (unpaired) electrons. The van der Waals surface area contributed by atoms with E-state index in [-0.39, 0.29) is 0 Å². The smallest absolute Gasteiger partial charge is 0.0398 e. The molecule has 0 unspecified atom stereocenters. The molecule has 0 saturated carbocycles. The van der Waals surface area contributed by atoms with Crippen molar-refractivity contribution >= 4 is 11.4 Å². The minimum atomic E-state index is 1.06. The largest absolute Gasteiger partial charge is 0.388 e. The Labute approximate surface area is 93.1 Å². The molecule has 0 spiro atoms. The van der Waals surface area contributed by atoms with Gasteiger partial charge in [0.15, 0.2) is 0 Å². The van der Waals surface area contributed by atoms with Crippen molar-refractivity contribution < 1.29 is 0 Å². The third-order valence-electron chi connectivity index (χ3n) is 2.64. The fraction of sp³-hybridized carbons (Fsp3) is 0.538. The Morgan fingerprint density at radius 1 is 1.13 bits per heavy atom. The fourth-order valence-corrected chi connectivity index (χ4v) is 1.87. The van der Waals surface area contributed by atoms with Crippen LogP contribution in [0.2, 0.25) is 0 Å². The van der Waals surface area contributed by atoms with Gasteiger partial charge in [0, 0.05) is 25.0 Å². The normalized spacial score (nSPS) is 10.1. The van der Waals surface area contributed by atoms with Crippen LogP contribution in [-0.4, -0.2) is 13.6 Å². The van der Waals surface area contributed by atoms with Crippen LogP contribution in [0.1, 0.15) is 30.9 Å². The molecule has 2 N–H and O–H groups in total. The number of aryl methyl sites for hydroxylation is 2. The van der Waals surface area contributed by atoms with E-state index in [1.165, 1.54) is 35.3 Å². The zero-order valence-electron chi connectivity index (χ0n) is 10.3. The van der Waals surface area contributed by atoms with Crippen molar-refractivity contribution in [3.8, 4) is 0 Å². The molecule has 0 bridgehead atoms. The fourth-order valence-electron chi connectivity index (χ4n) is 1.87. The lowest BCUT2D eigenvalue weighted by Gasteiger charge is -2.13. The summed E-state index contributed by atoms with van der Waals surface area (Å²) in [6, 6.07) is 4.41. The van der Waals surface area contributed by atoms with E-state index in [0.29, 0.717) is 0 Å². The minimum absolute atomic E-state index is 1.06. The first kappa shape index (κ1) is 11.9. The molecule has 0 aliphatic heterocycles. The van der Waals surface area contributed by atoms with Gasteiger partial charge >= 0.3 is 0 Å². The zero-order valence-corrected chi connectivity index (χ0v) is 10.3. The van der Waals surface area contributed by atoms with Gasteiger partial charge in [-0.15, -0.1) is 0 Å². The van der Waals surface area contributed by atoms with E-state index in [2.05, 4.69) is 43.5 Å². The Balaban J connectivity index is 2.75. The molecule has 0 aliphatic rings. The van der Waals surface area contributed by atoms with Crippen LogP contribution in [0, 0.1) is 13.8 Å². The van der Waals surface area contributed by atoms with Crippen molar-refractivity contribution in [3.63, 3.8) is 0 Å². The van der Waals surface area contributed by atoms with Crippen molar-refractivity contribution in [2.45, 2.75) is 33.6 Å². The second-order valence-corrected chi connectivity index (χ2v) is 4.02. The standard InChI is InChI=1S/C13H22N2/c1-5-6-7-15-12-8-10(2)13(14-4)11(3)9-12/h8-9,14-15H,5-7H2,1-4H3. The molecule has 1 aromatic rings. The average molecular weight is 206 g/mol. The molecule has 0 atom stereocenters. The molecule has 1 rings (SSSR count). The van der Waals surface area contributed by atoms with Gasteiger partial charge in [-0.25, -0.2) is 0 Å². The zero-order chi connectivity index (χ0) is 11.3. The molecule has 1 aromatic carbocycles. The van der Waals surface area contributed by atoms with Crippen LogP contribution in [0.5, 0.6) is 0 Å². The number of hydrogen-bond donors (Lipinski definition) is 2. The third-order valence-corrected chi connectivity index (χ3v) is 2.64. The lowest BCUT2D eigenvalue weighted by Crippen LogP contribution is -2.03. The van der Waals surface area contributed by atoms with E-state index in [4.69, 9.17) is 0 Å². The Hall–Kier alpha value is -1.18. The molecule has 0 aliphatic carbocycles.